The molecule has 1 saturated heterocycles. The van der Waals surface area contributed by atoms with Crippen LogP contribution >= 0.6 is 11.3 Å². The molecule has 0 aromatic carbocycles. The Kier molecular flexibility index (Phi) is 4.10. The van der Waals surface area contributed by atoms with Crippen LogP contribution in [0.3, 0.4) is 0 Å². The van der Waals surface area contributed by atoms with Gasteiger partial charge in [0.2, 0.25) is 5.89 Å². The van der Waals surface area contributed by atoms with Gasteiger partial charge in [0.25, 0.3) is 0 Å². The quantitative estimate of drug-likeness (QED) is 0.836. The summed E-state index contributed by atoms with van der Waals surface area (Å²) >= 11 is 1.70. The normalized spacial score (nSPS) is 20.1. The van der Waals surface area contributed by atoms with Crippen molar-refractivity contribution in [3.63, 3.8) is 0 Å². The van der Waals surface area contributed by atoms with Gasteiger partial charge < -0.3 is 4.52 Å². The number of nitrogens with zero attached hydrogens (tertiary/aromatic N) is 3. The second kappa shape index (κ2) is 5.86. The predicted octanol–water partition coefficient (Wildman–Crippen LogP) is 2.01. The van der Waals surface area contributed by atoms with E-state index in [0.29, 0.717) is 18.5 Å². The summed E-state index contributed by atoms with van der Waals surface area (Å²) in [6.45, 7) is 1.56. The molecule has 1 fully saturated rings. The lowest BCUT2D eigenvalue weighted by Gasteiger charge is -2.21. The highest BCUT2D eigenvalue weighted by atomic mass is 32.2. The summed E-state index contributed by atoms with van der Waals surface area (Å²) in [5.74, 6) is 0.541. The Hall–Kier alpha value is -1.25. The Morgan fingerprint density at radius 2 is 2.38 bits per heavy atom. The molecule has 2 aromatic heterocycles. The summed E-state index contributed by atoms with van der Waals surface area (Å²) in [6, 6.07) is 2.54. The van der Waals surface area contributed by atoms with Crippen molar-refractivity contribution in [3.05, 3.63) is 34.1 Å². The van der Waals surface area contributed by atoms with Gasteiger partial charge >= 0.3 is 0 Å². The maximum Gasteiger partial charge on any atom is 0.240 e. The van der Waals surface area contributed by atoms with E-state index in [9.17, 15) is 8.42 Å². The predicted molar refractivity (Wildman–Crippen MR) is 79.5 cm³/mol. The van der Waals surface area contributed by atoms with Gasteiger partial charge in [-0.15, -0.1) is 0 Å². The van der Waals surface area contributed by atoms with E-state index in [1.807, 2.05) is 0 Å². The Morgan fingerprint density at radius 1 is 1.52 bits per heavy atom. The fraction of sp³-hybridized carbons (Fsp3) is 0.538. The maximum atomic E-state index is 11.2. The molecule has 3 rings (SSSR count). The van der Waals surface area contributed by atoms with Crippen LogP contribution in [-0.2, 0) is 22.1 Å². The van der Waals surface area contributed by atoms with Crippen LogP contribution in [0.5, 0.6) is 0 Å². The molecule has 0 bridgehead atoms. The summed E-state index contributed by atoms with van der Waals surface area (Å²) in [6.07, 6.45) is 3.43. The number of hydrogen-bond donors (Lipinski definition) is 0. The van der Waals surface area contributed by atoms with E-state index in [1.54, 1.807) is 11.3 Å². The van der Waals surface area contributed by atoms with Crippen LogP contribution in [0.1, 0.15) is 36.2 Å². The summed E-state index contributed by atoms with van der Waals surface area (Å²) in [5, 5.41) is 8.00. The van der Waals surface area contributed by atoms with E-state index in [-0.39, 0.29) is 11.6 Å². The van der Waals surface area contributed by atoms with E-state index in [2.05, 4.69) is 31.9 Å². The summed E-state index contributed by atoms with van der Waals surface area (Å²) in [5.41, 5.74) is 1.33. The van der Waals surface area contributed by atoms with E-state index in [0.717, 1.165) is 25.6 Å². The minimum absolute atomic E-state index is 0.176. The molecule has 3 heterocycles. The van der Waals surface area contributed by atoms with Gasteiger partial charge in [-0.05, 0) is 41.8 Å². The molecule has 0 amide bonds. The first-order valence-corrected chi connectivity index (χ1v) is 9.77. The van der Waals surface area contributed by atoms with Gasteiger partial charge in [0.1, 0.15) is 5.75 Å². The first kappa shape index (κ1) is 14.7. The van der Waals surface area contributed by atoms with Crippen molar-refractivity contribution in [2.45, 2.75) is 31.2 Å². The number of thiophene rings is 1. The smallest absolute Gasteiger partial charge is 0.240 e. The lowest BCUT2D eigenvalue weighted by atomic mass is 10.1. The maximum absolute atomic E-state index is 11.2. The largest absolute Gasteiger partial charge is 0.338 e. The minimum atomic E-state index is -3.13. The number of rotatable bonds is 5. The molecular formula is C13H17N3O3S2. The van der Waals surface area contributed by atoms with Crippen molar-refractivity contribution in [2.24, 2.45) is 0 Å². The monoisotopic (exact) mass is 327 g/mol. The highest BCUT2D eigenvalue weighted by molar-refractivity contribution is 7.89. The highest BCUT2D eigenvalue weighted by Gasteiger charge is 2.27. The average Bonchev–Trinajstić information content (AvgIpc) is 3.08. The van der Waals surface area contributed by atoms with Gasteiger partial charge in [-0.3, -0.25) is 4.90 Å². The number of hydrogen-bond acceptors (Lipinski definition) is 7. The Balaban J connectivity index is 1.69. The standard InChI is InChI=1S/C13H17N3O3S2/c1-21(17,18)9-12-14-13(19-15-12)7-16-5-2-3-11(16)10-4-6-20-8-10/h4,6,8,11H,2-3,5,7,9H2,1H3/t11-/m0/s1. The second-order valence-electron chi connectivity index (χ2n) is 5.36. The molecular weight excluding hydrogens is 310 g/mol. The molecule has 1 aliphatic heterocycles. The first-order chi connectivity index (χ1) is 10.0. The van der Waals surface area contributed by atoms with Crippen LogP contribution in [-0.4, -0.2) is 36.3 Å². The van der Waals surface area contributed by atoms with Crippen LogP contribution in [0, 0.1) is 0 Å². The molecule has 6 nitrogen and oxygen atoms in total. The van der Waals surface area contributed by atoms with E-state index < -0.39 is 9.84 Å². The Labute approximate surface area is 127 Å². The Bertz CT molecular complexity index is 694. The fourth-order valence-electron chi connectivity index (χ4n) is 2.68. The topological polar surface area (TPSA) is 76.3 Å². The molecule has 0 radical (unpaired) electrons. The number of likely N-dealkylation sites (tertiary alicyclic amines) is 1. The molecule has 1 aliphatic rings. The molecule has 114 valence electrons. The van der Waals surface area contributed by atoms with Gasteiger partial charge in [-0.1, -0.05) is 5.16 Å². The zero-order valence-corrected chi connectivity index (χ0v) is 13.4. The van der Waals surface area contributed by atoms with Crippen molar-refractivity contribution < 1.29 is 12.9 Å². The van der Waals surface area contributed by atoms with Gasteiger partial charge in [0.15, 0.2) is 15.7 Å². The summed E-state index contributed by atoms with van der Waals surface area (Å²) < 4.78 is 27.6. The zero-order chi connectivity index (χ0) is 14.9. The minimum Gasteiger partial charge on any atom is -0.338 e. The molecule has 0 unspecified atom stereocenters. The van der Waals surface area contributed by atoms with Gasteiger partial charge in [0.05, 0.1) is 6.54 Å². The zero-order valence-electron chi connectivity index (χ0n) is 11.7. The number of aromatic nitrogens is 2. The van der Waals surface area contributed by atoms with E-state index >= 15 is 0 Å². The lowest BCUT2D eigenvalue weighted by Crippen LogP contribution is -2.22. The Morgan fingerprint density at radius 3 is 3.10 bits per heavy atom. The molecule has 0 spiro atoms. The fourth-order valence-corrected chi connectivity index (χ4v) is 3.97. The van der Waals surface area contributed by atoms with Crippen molar-refractivity contribution >= 4 is 21.2 Å². The lowest BCUT2D eigenvalue weighted by molar-refractivity contribution is 0.212. The van der Waals surface area contributed by atoms with Crippen LogP contribution in [0.15, 0.2) is 21.3 Å². The van der Waals surface area contributed by atoms with Crippen molar-refractivity contribution in [2.75, 3.05) is 12.8 Å². The van der Waals surface area contributed by atoms with Crippen LogP contribution in [0.4, 0.5) is 0 Å². The first-order valence-electron chi connectivity index (χ1n) is 6.76. The molecule has 1 atom stereocenters. The molecule has 8 heteroatoms. The SMILES string of the molecule is CS(=O)(=O)Cc1noc(CN2CCC[C@H]2c2ccsc2)n1. The second-order valence-corrected chi connectivity index (χ2v) is 8.28. The number of sulfone groups is 1. The van der Waals surface area contributed by atoms with Crippen molar-refractivity contribution in [1.82, 2.24) is 15.0 Å². The summed E-state index contributed by atoms with van der Waals surface area (Å²) in [7, 11) is -3.13. The third kappa shape index (κ3) is 3.69. The highest BCUT2D eigenvalue weighted by Crippen LogP contribution is 2.33. The van der Waals surface area contributed by atoms with Crippen molar-refractivity contribution in [1.29, 1.82) is 0 Å². The third-order valence-corrected chi connectivity index (χ3v) is 5.02. The van der Waals surface area contributed by atoms with E-state index in [1.165, 1.54) is 5.56 Å². The van der Waals surface area contributed by atoms with Gasteiger partial charge in [-0.25, -0.2) is 8.42 Å². The molecule has 21 heavy (non-hydrogen) atoms. The third-order valence-electron chi connectivity index (χ3n) is 3.53. The van der Waals surface area contributed by atoms with Crippen LogP contribution in [0.2, 0.25) is 0 Å². The molecule has 0 saturated carbocycles. The van der Waals surface area contributed by atoms with Crippen molar-refractivity contribution in [3.8, 4) is 0 Å². The van der Waals surface area contributed by atoms with Crippen LogP contribution in [0.25, 0.3) is 0 Å². The molecule has 0 aliphatic carbocycles. The van der Waals surface area contributed by atoms with Gasteiger partial charge in [0, 0.05) is 12.3 Å². The van der Waals surface area contributed by atoms with Gasteiger partial charge in [-0.2, -0.15) is 16.3 Å². The van der Waals surface area contributed by atoms with Crippen LogP contribution < -0.4 is 0 Å². The molecule has 2 aromatic rings. The molecule has 0 N–H and O–H groups in total. The average molecular weight is 327 g/mol. The van der Waals surface area contributed by atoms with E-state index in [4.69, 9.17) is 4.52 Å². The summed E-state index contributed by atoms with van der Waals surface area (Å²) in [4.78, 5) is 6.48.